The summed E-state index contributed by atoms with van der Waals surface area (Å²) >= 11 is 8.26. The van der Waals surface area contributed by atoms with Crippen molar-refractivity contribution in [3.63, 3.8) is 0 Å². The van der Waals surface area contributed by atoms with E-state index in [2.05, 4.69) is 35.9 Å². The fourth-order valence-electron chi connectivity index (χ4n) is 1.62. The van der Waals surface area contributed by atoms with E-state index in [-0.39, 0.29) is 12.6 Å². The molecule has 0 aliphatic rings. The molecule has 0 heterocycles. The molecule has 0 bridgehead atoms. The van der Waals surface area contributed by atoms with Gasteiger partial charge >= 0.3 is 12.1 Å². The lowest BCUT2D eigenvalue weighted by molar-refractivity contribution is -0.140. The molecule has 4 atom stereocenters. The van der Waals surface area contributed by atoms with Crippen LogP contribution in [-0.4, -0.2) is 64.0 Å². The molecule has 0 aliphatic carbocycles. The quantitative estimate of drug-likeness (QED) is 0.244. The molecular formula is C13H26N2O6S2. The van der Waals surface area contributed by atoms with Crippen molar-refractivity contribution >= 4 is 37.3 Å². The highest BCUT2D eigenvalue weighted by Crippen LogP contribution is 2.18. The molecule has 0 saturated heterocycles. The van der Waals surface area contributed by atoms with Gasteiger partial charge < -0.3 is 25.0 Å². The van der Waals surface area contributed by atoms with Crippen LogP contribution in [0.3, 0.4) is 0 Å². The molecule has 8 nitrogen and oxygen atoms in total. The van der Waals surface area contributed by atoms with E-state index in [1.165, 1.54) is 6.92 Å². The molecule has 4 N–H and O–H groups in total. The Labute approximate surface area is 147 Å². The molecule has 10 heteroatoms. The van der Waals surface area contributed by atoms with Crippen LogP contribution in [0.5, 0.6) is 0 Å². The molecule has 0 aromatic rings. The Morgan fingerprint density at radius 3 is 2.26 bits per heavy atom. The summed E-state index contributed by atoms with van der Waals surface area (Å²) in [7, 11) is 0. The first kappa shape index (κ1) is 22.3. The lowest BCUT2D eigenvalue weighted by Crippen LogP contribution is -2.52. The van der Waals surface area contributed by atoms with Crippen LogP contribution in [0.15, 0.2) is 0 Å². The Hall–Kier alpha value is -0.680. The van der Waals surface area contributed by atoms with E-state index in [0.29, 0.717) is 5.75 Å². The fourth-order valence-corrected chi connectivity index (χ4v) is 2.01. The Bertz CT molecular complexity index is 389. The summed E-state index contributed by atoms with van der Waals surface area (Å²) in [4.78, 5) is 22.9. The summed E-state index contributed by atoms with van der Waals surface area (Å²) in [5, 5.41) is 23.4. The van der Waals surface area contributed by atoms with Gasteiger partial charge in [-0.15, -0.1) is 0 Å². The van der Waals surface area contributed by atoms with Crippen molar-refractivity contribution in [1.29, 1.82) is 0 Å². The summed E-state index contributed by atoms with van der Waals surface area (Å²) in [5.74, 6) is -0.801. The highest BCUT2D eigenvalue weighted by Gasteiger charge is 2.34. The van der Waals surface area contributed by atoms with Crippen LogP contribution in [0.4, 0.5) is 4.79 Å². The lowest BCUT2D eigenvalue weighted by atomic mass is 10.0. The molecule has 2 unspecified atom stereocenters. The average Bonchev–Trinajstić information content (AvgIpc) is 2.38. The van der Waals surface area contributed by atoms with Gasteiger partial charge in [0.1, 0.15) is 12.3 Å². The third-order valence-corrected chi connectivity index (χ3v) is 3.42. The van der Waals surface area contributed by atoms with E-state index in [0.717, 1.165) is 0 Å². The second-order valence-electron chi connectivity index (χ2n) is 5.60. The number of ether oxygens (including phenoxy) is 2. The normalized spacial score (nSPS) is 17.0. The number of aliphatic hydroxyl groups excluding tert-OH is 1. The van der Waals surface area contributed by atoms with Crippen molar-refractivity contribution in [2.45, 2.75) is 57.0 Å². The number of amides is 1. The molecular weight excluding hydrogens is 344 g/mol. The van der Waals surface area contributed by atoms with Gasteiger partial charge in [-0.1, -0.05) is 0 Å². The number of rotatable bonds is 10. The third kappa shape index (κ3) is 9.92. The van der Waals surface area contributed by atoms with Gasteiger partial charge in [-0.3, -0.25) is 5.32 Å². The zero-order chi connectivity index (χ0) is 18.2. The molecule has 0 aromatic heterocycles. The number of hydrogen-bond donors (Lipinski definition) is 6. The SMILES string of the molecule is CC(O)N[C@@H](CS)COC(C)OC(=O)N[C@@H](C(=O)O)C(C)(C)S. The van der Waals surface area contributed by atoms with Gasteiger partial charge in [0.05, 0.1) is 6.61 Å². The molecule has 0 aliphatic heterocycles. The van der Waals surface area contributed by atoms with Gasteiger partial charge in [-0.2, -0.15) is 25.3 Å². The summed E-state index contributed by atoms with van der Waals surface area (Å²) in [6.07, 6.45) is -2.53. The Balaban J connectivity index is 4.36. The van der Waals surface area contributed by atoms with Crippen molar-refractivity contribution in [1.82, 2.24) is 10.6 Å². The summed E-state index contributed by atoms with van der Waals surface area (Å²) in [6, 6.07) is -1.44. The molecule has 0 spiro atoms. The number of carboxylic acids is 1. The molecule has 23 heavy (non-hydrogen) atoms. The number of nitrogens with one attached hydrogen (secondary N) is 2. The predicted octanol–water partition coefficient (Wildman–Crippen LogP) is 0.463. The van der Waals surface area contributed by atoms with Crippen molar-refractivity contribution in [2.75, 3.05) is 12.4 Å². The van der Waals surface area contributed by atoms with Crippen molar-refractivity contribution in [3.8, 4) is 0 Å². The highest BCUT2D eigenvalue weighted by atomic mass is 32.1. The predicted molar refractivity (Wildman–Crippen MR) is 92.0 cm³/mol. The second kappa shape index (κ2) is 10.2. The minimum absolute atomic E-state index is 0.156. The Kier molecular flexibility index (Phi) is 9.94. The summed E-state index contributed by atoms with van der Waals surface area (Å²) < 4.78 is 9.30. The van der Waals surface area contributed by atoms with Gasteiger partial charge in [-0.25, -0.2) is 9.59 Å². The minimum Gasteiger partial charge on any atom is -0.480 e. The second-order valence-corrected chi connectivity index (χ2v) is 7.12. The zero-order valence-corrected chi connectivity index (χ0v) is 15.4. The van der Waals surface area contributed by atoms with Crippen LogP contribution < -0.4 is 10.6 Å². The third-order valence-electron chi connectivity index (χ3n) is 2.72. The van der Waals surface area contributed by atoms with Crippen LogP contribution >= 0.6 is 25.3 Å². The maximum Gasteiger partial charge on any atom is 0.410 e. The highest BCUT2D eigenvalue weighted by molar-refractivity contribution is 7.81. The zero-order valence-electron chi connectivity index (χ0n) is 13.6. The van der Waals surface area contributed by atoms with E-state index in [9.17, 15) is 14.7 Å². The van der Waals surface area contributed by atoms with Crippen molar-refractivity contribution in [3.05, 3.63) is 0 Å². The Morgan fingerprint density at radius 1 is 1.30 bits per heavy atom. The van der Waals surface area contributed by atoms with Crippen molar-refractivity contribution < 1.29 is 29.3 Å². The first-order chi connectivity index (χ1) is 10.5. The van der Waals surface area contributed by atoms with Crippen LogP contribution in [0.25, 0.3) is 0 Å². The number of aliphatic carboxylic acids is 1. The van der Waals surface area contributed by atoms with Gasteiger partial charge in [0, 0.05) is 16.5 Å². The molecule has 1 amide bonds. The molecule has 0 rings (SSSR count). The average molecular weight is 370 g/mol. The van der Waals surface area contributed by atoms with Gasteiger partial charge in [0.2, 0.25) is 6.29 Å². The standard InChI is InChI=1S/C13H26N2O6S2/c1-7(16)14-9(6-22)5-20-8(2)21-12(19)15-10(11(17)18)13(3,4)23/h7-10,14,16,22-23H,5-6H2,1-4H3,(H,15,19)(H,17,18)/t7?,8?,9-,10+/m1/s1. The summed E-state index contributed by atoms with van der Waals surface area (Å²) in [6.45, 7) is 6.35. The molecule has 136 valence electrons. The fraction of sp³-hybridized carbons (Fsp3) is 0.846. The van der Waals surface area contributed by atoms with E-state index in [4.69, 9.17) is 14.6 Å². The maximum absolute atomic E-state index is 11.7. The minimum atomic E-state index is -1.22. The molecule has 0 radical (unpaired) electrons. The van der Waals surface area contributed by atoms with Crippen LogP contribution in [0.1, 0.15) is 27.7 Å². The number of carbonyl (C=O) groups is 2. The van der Waals surface area contributed by atoms with Gasteiger partial charge in [-0.05, 0) is 27.7 Å². The number of hydrogen-bond acceptors (Lipinski definition) is 8. The number of carboxylic acid groups (broad SMARTS) is 1. The number of aliphatic hydroxyl groups is 1. The number of thiol groups is 2. The van der Waals surface area contributed by atoms with Crippen molar-refractivity contribution in [2.24, 2.45) is 0 Å². The topological polar surface area (TPSA) is 117 Å². The largest absolute Gasteiger partial charge is 0.480 e. The first-order valence-electron chi connectivity index (χ1n) is 7.06. The molecule has 0 saturated carbocycles. The smallest absolute Gasteiger partial charge is 0.410 e. The number of alkyl carbamates (subject to hydrolysis) is 1. The van der Waals surface area contributed by atoms with Crippen LogP contribution in [0, 0.1) is 0 Å². The molecule has 0 fully saturated rings. The first-order valence-corrected chi connectivity index (χ1v) is 8.14. The van der Waals surface area contributed by atoms with Gasteiger partial charge in [0.15, 0.2) is 0 Å². The van der Waals surface area contributed by atoms with E-state index >= 15 is 0 Å². The van der Waals surface area contributed by atoms with E-state index < -0.39 is 35.4 Å². The van der Waals surface area contributed by atoms with E-state index in [1.807, 2.05) is 0 Å². The van der Waals surface area contributed by atoms with Gasteiger partial charge in [0.25, 0.3) is 0 Å². The monoisotopic (exact) mass is 370 g/mol. The molecule has 0 aromatic carbocycles. The Morgan fingerprint density at radius 2 is 1.87 bits per heavy atom. The van der Waals surface area contributed by atoms with Crippen LogP contribution in [-0.2, 0) is 14.3 Å². The summed E-state index contributed by atoms with van der Waals surface area (Å²) in [5.41, 5.74) is 0. The van der Waals surface area contributed by atoms with E-state index in [1.54, 1.807) is 20.8 Å². The number of carbonyl (C=O) groups excluding carboxylic acids is 1. The van der Waals surface area contributed by atoms with Crippen LogP contribution in [0.2, 0.25) is 0 Å². The lowest BCUT2D eigenvalue weighted by Gasteiger charge is -2.27. The maximum atomic E-state index is 11.7.